The summed E-state index contributed by atoms with van der Waals surface area (Å²) in [6, 6.07) is -7.93. The normalized spacial score (nSPS) is 22.7. The Morgan fingerprint density at radius 1 is 0.764 bits per heavy atom. The summed E-state index contributed by atoms with van der Waals surface area (Å²) in [4.78, 5) is 137. The Morgan fingerprint density at radius 2 is 1.44 bits per heavy atom. The standard InChI is InChI=1S/C60H95N23O21S2/c1-23-36(79-49(82-47(23)63)28(15-34(62)87)74-16-27(61)48(64)93)53(97)81-38(44(29-17-70-22-75-29)102-57-46(42(91)40(89)32(18-84)101-57)103-56-43(92)45(104-60(69)99)41(90)33(19-85)100-56)54(98)76-25(3)39(88)24(2)50(94)80-37(26(4)86)52(96)72-12-9-35-77-31(21-105-35)55-78-30(20-106-55)51(95)71-10-5-7-13-83(59(67)68)14-8-6-11-73-58(65)66/h17,20-22,24-28,32-33,37-46,56-57,74,84-86,88-92H,5-16,18-19,61H2,1-4H3,(H2,62,87)(H2,64,93)(H3,67,68)(H2,69,99)(H,70,75)(H,71,95)(H,72,96)(H,76,98)(H,80,94)(H,81,97)(H2,63,79,82)(H4,65,66,73)/t24-,25+,26?,27+,28-,32-,33+,37-,38-,39-,40+,41+,42-,43-,44-,45-,46-,56+,57-/m0/s1. The molecular weight excluding hydrogens is 1440 g/mol. The average Bonchev–Trinajstić information content (AvgIpc) is 0.949. The van der Waals surface area contributed by atoms with Crippen LogP contribution in [0.1, 0.15) is 108 Å². The SMILES string of the molecule is Cc1c(N)nc([C@H](CC(N)=O)NC[C@@H](N)C(N)=O)nc1C(=O)N[C@H](C(=O)N[C@H](C)[C@@H](O)[C@H](C)C(=O)N[C@H](C(=O)NCCc1nc(-c2nc(C(=O)NCCCCN(CCCCN=C(N)N)C(=N)N)cs2)cs1)C(C)O)[C@@H](O[C@@H]1O[C@@H](CO)[C@@H](O)[C@H](O)[C@@H]1O[C@H]1O[C@H](CO)[C@@H](O)[C@H](OC(N)=O)[C@@H]1O)c1cnc[nH]1. The quantitative estimate of drug-likeness (QED) is 0.0111. The number of amides is 8. The molecule has 0 bridgehead atoms. The van der Waals surface area contributed by atoms with E-state index in [-0.39, 0.29) is 60.0 Å². The Kier molecular flexibility index (Phi) is 32.8. The number of guanidine groups is 2. The molecule has 2 fully saturated rings. The molecule has 106 heavy (non-hydrogen) atoms. The Balaban J connectivity index is 1.18. The highest BCUT2D eigenvalue weighted by atomic mass is 32.1. The van der Waals surface area contributed by atoms with Gasteiger partial charge < -0.3 is 152 Å². The van der Waals surface area contributed by atoms with E-state index in [1.165, 1.54) is 50.4 Å². The lowest BCUT2D eigenvalue weighted by Crippen LogP contribution is -2.65. The van der Waals surface area contributed by atoms with E-state index < -0.39 is 189 Å². The number of nitrogen functional groups attached to an aromatic ring is 1. The zero-order valence-corrected chi connectivity index (χ0v) is 59.8. The summed E-state index contributed by atoms with van der Waals surface area (Å²) in [5.74, 6) is -8.95. The third-order valence-corrected chi connectivity index (χ3v) is 18.7. The maximum absolute atomic E-state index is 15.2. The van der Waals surface area contributed by atoms with Crippen LogP contribution in [0, 0.1) is 18.3 Å². The van der Waals surface area contributed by atoms with Crippen LogP contribution in [0.3, 0.4) is 0 Å². The van der Waals surface area contributed by atoms with Gasteiger partial charge in [0.2, 0.25) is 29.5 Å². The van der Waals surface area contributed by atoms with E-state index in [1.807, 2.05) is 0 Å². The molecule has 0 aromatic carbocycles. The highest BCUT2D eigenvalue weighted by molar-refractivity contribution is 7.14. The van der Waals surface area contributed by atoms with Gasteiger partial charge >= 0.3 is 6.09 Å². The molecule has 8 amide bonds. The monoisotopic (exact) mass is 1540 g/mol. The van der Waals surface area contributed by atoms with E-state index in [2.05, 4.69) is 66.8 Å². The Labute approximate surface area is 613 Å². The van der Waals surface area contributed by atoms with Crippen molar-refractivity contribution < 1.29 is 103 Å². The van der Waals surface area contributed by atoms with Crippen LogP contribution in [-0.4, -0.2) is 285 Å². The second-order valence-corrected chi connectivity index (χ2v) is 26.7. The molecule has 19 atom stereocenters. The smallest absolute Gasteiger partial charge is 0.404 e. The number of aliphatic imine (C=N–C) groups is 1. The lowest BCUT2D eigenvalue weighted by atomic mass is 9.96. The molecular formula is C60H95N23O21S2. The van der Waals surface area contributed by atoms with Crippen LogP contribution in [-0.2, 0) is 54.1 Å². The second-order valence-electron chi connectivity index (χ2n) is 24.9. The van der Waals surface area contributed by atoms with Crippen molar-refractivity contribution in [2.75, 3.05) is 58.2 Å². The molecule has 0 radical (unpaired) electrons. The van der Waals surface area contributed by atoms with Crippen molar-refractivity contribution in [3.8, 4) is 10.7 Å². The van der Waals surface area contributed by atoms with Gasteiger partial charge in [-0.15, -0.1) is 22.7 Å². The number of aromatic nitrogens is 6. The van der Waals surface area contributed by atoms with Gasteiger partial charge in [-0.3, -0.25) is 44.0 Å². The van der Waals surface area contributed by atoms with Gasteiger partial charge in [0, 0.05) is 68.4 Å². The van der Waals surface area contributed by atoms with Crippen molar-refractivity contribution in [1.82, 2.24) is 66.7 Å². The topological polar surface area (TPSA) is 745 Å². The maximum atomic E-state index is 15.2. The summed E-state index contributed by atoms with van der Waals surface area (Å²) in [5, 5.41) is 116. The summed E-state index contributed by atoms with van der Waals surface area (Å²) < 4.78 is 28.8. The van der Waals surface area contributed by atoms with E-state index in [0.717, 1.165) is 18.9 Å². The van der Waals surface area contributed by atoms with Crippen LogP contribution in [0.4, 0.5) is 10.6 Å². The van der Waals surface area contributed by atoms with Crippen molar-refractivity contribution in [2.45, 2.75) is 176 Å². The van der Waals surface area contributed by atoms with Crippen LogP contribution in [0.2, 0.25) is 0 Å². The van der Waals surface area contributed by atoms with Gasteiger partial charge in [0.15, 0.2) is 30.6 Å². The van der Waals surface area contributed by atoms with Gasteiger partial charge in [-0.1, -0.05) is 6.92 Å². The Hall–Kier alpha value is -9.11. The molecule has 4 aromatic heterocycles. The number of nitrogens with one attached hydrogen (secondary N) is 8. The molecule has 1 unspecified atom stereocenters. The second kappa shape index (κ2) is 40.6. The van der Waals surface area contributed by atoms with Gasteiger partial charge in [0.1, 0.15) is 94.6 Å². The first-order chi connectivity index (χ1) is 50.1. The number of anilines is 1. The fraction of sp³-hybridized carbons (Fsp3) is 0.617. The molecule has 0 spiro atoms. The number of unbranched alkanes of at least 4 members (excludes halogenated alkanes) is 2. The number of carbonyl (C=O) groups excluding carboxylic acids is 8. The van der Waals surface area contributed by atoms with Crippen LogP contribution in [0.5, 0.6) is 0 Å². The van der Waals surface area contributed by atoms with Crippen molar-refractivity contribution in [1.29, 1.82) is 5.41 Å². The molecule has 2 aliphatic heterocycles. The number of nitrogens with two attached hydrogens (primary N) is 8. The minimum Gasteiger partial charge on any atom is -0.441 e. The number of thiazole rings is 2. The zero-order chi connectivity index (χ0) is 78.4. The van der Waals surface area contributed by atoms with Crippen LogP contribution in [0.15, 0.2) is 28.3 Å². The number of ether oxygens (including phenoxy) is 5. The molecule has 6 rings (SSSR count). The molecule has 6 heterocycles. The van der Waals surface area contributed by atoms with E-state index >= 15 is 4.79 Å². The number of hydrogen-bond acceptors (Lipinski definition) is 33. The van der Waals surface area contributed by atoms with Gasteiger partial charge in [0.25, 0.3) is 11.8 Å². The molecule has 588 valence electrons. The summed E-state index contributed by atoms with van der Waals surface area (Å²) in [6.07, 6.45) is -22.6. The van der Waals surface area contributed by atoms with Gasteiger partial charge in [-0.05, 0) is 46.5 Å². The number of primary amides is 3. The number of aromatic amines is 1. The molecule has 2 saturated heterocycles. The minimum absolute atomic E-state index is 0.0107. The predicted molar refractivity (Wildman–Crippen MR) is 373 cm³/mol. The van der Waals surface area contributed by atoms with Crippen molar-refractivity contribution in [2.24, 2.45) is 51.0 Å². The molecule has 32 N–H and O–H groups in total. The first kappa shape index (κ1) is 85.8. The summed E-state index contributed by atoms with van der Waals surface area (Å²) in [7, 11) is 0. The first-order valence-electron chi connectivity index (χ1n) is 33.2. The van der Waals surface area contributed by atoms with Crippen molar-refractivity contribution >= 4 is 87.9 Å². The average molecular weight is 1540 g/mol. The Bertz CT molecular complexity index is 3630. The van der Waals surface area contributed by atoms with E-state index in [1.54, 1.807) is 15.7 Å². The molecule has 0 saturated carbocycles. The zero-order valence-electron chi connectivity index (χ0n) is 58.1. The van der Waals surface area contributed by atoms with E-state index in [9.17, 15) is 74.4 Å². The van der Waals surface area contributed by atoms with Crippen LogP contribution >= 0.6 is 22.7 Å². The van der Waals surface area contributed by atoms with E-state index in [0.29, 0.717) is 61.2 Å². The molecule has 0 aliphatic carbocycles. The summed E-state index contributed by atoms with van der Waals surface area (Å²) in [6.45, 7) is 4.43. The van der Waals surface area contributed by atoms with Gasteiger partial charge in [-0.25, -0.2) is 29.7 Å². The number of aliphatic hydroxyl groups excluding tert-OH is 8. The lowest BCUT2D eigenvalue weighted by molar-refractivity contribution is -0.372. The van der Waals surface area contributed by atoms with Crippen LogP contribution in [0.25, 0.3) is 10.7 Å². The van der Waals surface area contributed by atoms with Crippen molar-refractivity contribution in [3.05, 3.63) is 56.8 Å². The highest BCUT2D eigenvalue weighted by Gasteiger charge is 2.54. The molecule has 44 nitrogen and oxygen atoms in total. The number of rotatable bonds is 41. The predicted octanol–water partition coefficient (Wildman–Crippen LogP) is -8.94. The number of aliphatic hydroxyl groups is 8. The van der Waals surface area contributed by atoms with Gasteiger partial charge in [-0.2, -0.15) is 0 Å². The third-order valence-electron chi connectivity index (χ3n) is 16.9. The lowest BCUT2D eigenvalue weighted by Gasteiger charge is -2.47. The summed E-state index contributed by atoms with van der Waals surface area (Å²) >= 11 is 2.44. The fourth-order valence-corrected chi connectivity index (χ4v) is 12.5. The Morgan fingerprint density at radius 3 is 2.07 bits per heavy atom. The molecule has 4 aromatic rings. The van der Waals surface area contributed by atoms with Gasteiger partial charge in [0.05, 0.1) is 72.7 Å². The van der Waals surface area contributed by atoms with E-state index in [4.69, 9.17) is 75.0 Å². The molecule has 46 heteroatoms. The largest absolute Gasteiger partial charge is 0.441 e. The fourth-order valence-electron chi connectivity index (χ4n) is 10.8. The van der Waals surface area contributed by atoms with Crippen molar-refractivity contribution in [3.63, 3.8) is 0 Å². The minimum atomic E-state index is -2.21. The number of imidazole rings is 1. The number of carbonyl (C=O) groups is 8. The number of hydrogen-bond donors (Lipinski definition) is 24. The number of H-pyrrole nitrogens is 1. The molecule has 2 aliphatic rings. The first-order valence-corrected chi connectivity index (χ1v) is 35.0. The third kappa shape index (κ3) is 23.9. The highest BCUT2D eigenvalue weighted by Crippen LogP contribution is 2.35. The van der Waals surface area contributed by atoms with Crippen LogP contribution < -0.4 is 77.8 Å². The number of nitrogens with zero attached hydrogens (tertiary/aromatic N) is 7. The maximum Gasteiger partial charge on any atom is 0.404 e. The summed E-state index contributed by atoms with van der Waals surface area (Å²) in [5.41, 5.74) is 44.4.